The molecule has 1 aliphatic rings. The molecule has 0 N–H and O–H groups in total. The van der Waals surface area contributed by atoms with Crippen LogP contribution >= 0.6 is 0 Å². The fraction of sp³-hybridized carbons (Fsp3) is 1.00. The van der Waals surface area contributed by atoms with Crippen molar-refractivity contribution in [3.05, 3.63) is 0 Å². The van der Waals surface area contributed by atoms with E-state index >= 15 is 0 Å². The summed E-state index contributed by atoms with van der Waals surface area (Å²) in [4.78, 5) is 7.31. The highest BCUT2D eigenvalue weighted by atomic mass is 28.4. The molecule has 0 unspecified atom stereocenters. The van der Waals surface area contributed by atoms with Gasteiger partial charge in [0.2, 0.25) is 0 Å². The van der Waals surface area contributed by atoms with Crippen LogP contribution in [-0.2, 0) is 13.3 Å². The zero-order chi connectivity index (χ0) is 15.7. The molecule has 0 amide bonds. The second-order valence-electron chi connectivity index (χ2n) is 5.93. The summed E-state index contributed by atoms with van der Waals surface area (Å²) in [6.45, 7) is 6.85. The average Bonchev–Trinajstić information content (AvgIpc) is 2.50. The number of rotatable bonds is 10. The van der Waals surface area contributed by atoms with Gasteiger partial charge >= 0.3 is 8.80 Å². The van der Waals surface area contributed by atoms with Crippen LogP contribution in [0.2, 0.25) is 6.04 Å². The number of nitrogens with zero attached hydrogens (tertiary/aromatic N) is 3. The summed E-state index contributed by atoms with van der Waals surface area (Å²) in [6, 6.07) is 0.880. The van der Waals surface area contributed by atoms with Crippen LogP contribution in [0.25, 0.3) is 0 Å². The fourth-order valence-corrected chi connectivity index (χ4v) is 4.43. The van der Waals surface area contributed by atoms with E-state index in [0.29, 0.717) is 0 Å². The normalized spacial score (nSPS) is 18.6. The fourth-order valence-electron chi connectivity index (χ4n) is 2.72. The molecule has 7 heteroatoms. The maximum Gasteiger partial charge on any atom is 0.500 e. The molecule has 1 saturated heterocycles. The third-order valence-corrected chi connectivity index (χ3v) is 6.93. The SMILES string of the molecule is CO[Si](CCCN1CCCN(CCN(C)C)C1)(OC)OC. The monoisotopic (exact) mass is 319 g/mol. The standard InChI is InChI=1S/C14H33N3O3Si/c1-15(2)11-12-17-9-6-8-16(14-17)10-7-13-21(18-3,19-4)20-5/h6-14H2,1-5H3. The Labute approximate surface area is 131 Å². The van der Waals surface area contributed by atoms with Crippen molar-refractivity contribution in [2.75, 3.05) is 74.8 Å². The Balaban J connectivity index is 2.28. The lowest BCUT2D eigenvalue weighted by molar-refractivity contribution is 0.0774. The van der Waals surface area contributed by atoms with Crippen molar-refractivity contribution in [2.24, 2.45) is 0 Å². The van der Waals surface area contributed by atoms with Gasteiger partial charge in [0.1, 0.15) is 0 Å². The Bertz CT molecular complexity index is 270. The predicted molar refractivity (Wildman–Crippen MR) is 87.4 cm³/mol. The molecule has 0 atom stereocenters. The van der Waals surface area contributed by atoms with E-state index in [-0.39, 0.29) is 0 Å². The van der Waals surface area contributed by atoms with Crippen molar-refractivity contribution in [3.63, 3.8) is 0 Å². The van der Waals surface area contributed by atoms with E-state index in [2.05, 4.69) is 28.8 Å². The van der Waals surface area contributed by atoms with Gasteiger partial charge in [0.15, 0.2) is 0 Å². The number of hydrogen-bond donors (Lipinski definition) is 0. The van der Waals surface area contributed by atoms with E-state index in [4.69, 9.17) is 13.3 Å². The van der Waals surface area contributed by atoms with E-state index in [1.54, 1.807) is 21.3 Å². The molecular weight excluding hydrogens is 286 g/mol. The van der Waals surface area contributed by atoms with Crippen LogP contribution in [0.15, 0.2) is 0 Å². The Morgan fingerprint density at radius 3 is 2.05 bits per heavy atom. The van der Waals surface area contributed by atoms with E-state index < -0.39 is 8.80 Å². The zero-order valence-corrected chi connectivity index (χ0v) is 15.4. The van der Waals surface area contributed by atoms with Crippen LogP contribution in [0.1, 0.15) is 12.8 Å². The van der Waals surface area contributed by atoms with E-state index in [9.17, 15) is 0 Å². The molecule has 21 heavy (non-hydrogen) atoms. The molecule has 0 bridgehead atoms. The summed E-state index contributed by atoms with van der Waals surface area (Å²) in [5.74, 6) is 0. The molecule has 0 radical (unpaired) electrons. The quantitative estimate of drug-likeness (QED) is 0.554. The lowest BCUT2D eigenvalue weighted by Gasteiger charge is -2.36. The van der Waals surface area contributed by atoms with Gasteiger partial charge in [-0.3, -0.25) is 9.80 Å². The molecule has 0 aromatic rings. The summed E-state index contributed by atoms with van der Waals surface area (Å²) in [5, 5.41) is 0. The molecule has 126 valence electrons. The molecule has 0 aromatic heterocycles. The lowest BCUT2D eigenvalue weighted by atomic mass is 10.2. The van der Waals surface area contributed by atoms with E-state index in [1.807, 2.05) is 0 Å². The highest BCUT2D eigenvalue weighted by molar-refractivity contribution is 6.60. The van der Waals surface area contributed by atoms with Crippen molar-refractivity contribution in [2.45, 2.75) is 18.9 Å². The van der Waals surface area contributed by atoms with Crippen LogP contribution in [0.3, 0.4) is 0 Å². The molecular formula is C14H33N3O3Si. The van der Waals surface area contributed by atoms with Crippen LogP contribution in [0.5, 0.6) is 0 Å². The van der Waals surface area contributed by atoms with Crippen LogP contribution in [0, 0.1) is 0 Å². The van der Waals surface area contributed by atoms with Gasteiger partial charge in [0, 0.05) is 53.6 Å². The summed E-state index contributed by atoms with van der Waals surface area (Å²) < 4.78 is 16.4. The molecule has 6 nitrogen and oxygen atoms in total. The first-order chi connectivity index (χ1) is 10.0. The zero-order valence-electron chi connectivity index (χ0n) is 14.4. The molecule has 0 aliphatic carbocycles. The van der Waals surface area contributed by atoms with Gasteiger partial charge in [-0.15, -0.1) is 0 Å². The average molecular weight is 320 g/mol. The summed E-state index contributed by atoms with van der Waals surface area (Å²) in [6.07, 6.45) is 2.32. The highest BCUT2D eigenvalue weighted by Gasteiger charge is 2.37. The molecule has 1 aliphatic heterocycles. The lowest BCUT2D eigenvalue weighted by Crippen LogP contribution is -2.48. The Hall–Kier alpha value is -0.0231. The Kier molecular flexibility index (Phi) is 8.96. The van der Waals surface area contributed by atoms with Gasteiger partial charge in [-0.05, 0) is 33.5 Å². The Morgan fingerprint density at radius 2 is 1.52 bits per heavy atom. The summed E-state index contributed by atoms with van der Waals surface area (Å²) >= 11 is 0. The van der Waals surface area contributed by atoms with Crippen LogP contribution in [-0.4, -0.2) is 98.3 Å². The van der Waals surface area contributed by atoms with Crippen molar-refractivity contribution >= 4 is 8.80 Å². The number of likely N-dealkylation sites (N-methyl/N-ethyl adjacent to an activating group) is 1. The molecule has 1 fully saturated rings. The Morgan fingerprint density at radius 1 is 0.952 bits per heavy atom. The molecule has 0 saturated carbocycles. The smallest absolute Gasteiger partial charge is 0.377 e. The summed E-state index contributed by atoms with van der Waals surface area (Å²) in [5.41, 5.74) is 0. The molecule has 0 aromatic carbocycles. The summed E-state index contributed by atoms with van der Waals surface area (Å²) in [7, 11) is 6.92. The first-order valence-electron chi connectivity index (χ1n) is 7.80. The van der Waals surface area contributed by atoms with Gasteiger partial charge in [0.05, 0.1) is 6.67 Å². The maximum atomic E-state index is 5.47. The van der Waals surface area contributed by atoms with Gasteiger partial charge in [-0.1, -0.05) is 0 Å². The van der Waals surface area contributed by atoms with E-state index in [1.165, 1.54) is 19.5 Å². The largest absolute Gasteiger partial charge is 0.500 e. The number of hydrogen-bond acceptors (Lipinski definition) is 6. The van der Waals surface area contributed by atoms with Crippen molar-refractivity contribution in [3.8, 4) is 0 Å². The molecule has 0 spiro atoms. The van der Waals surface area contributed by atoms with Gasteiger partial charge in [-0.2, -0.15) is 0 Å². The van der Waals surface area contributed by atoms with E-state index in [0.717, 1.165) is 38.8 Å². The van der Waals surface area contributed by atoms with Gasteiger partial charge in [-0.25, -0.2) is 0 Å². The van der Waals surface area contributed by atoms with Crippen LogP contribution in [0.4, 0.5) is 0 Å². The van der Waals surface area contributed by atoms with Crippen molar-refractivity contribution < 1.29 is 13.3 Å². The first-order valence-corrected chi connectivity index (χ1v) is 9.73. The van der Waals surface area contributed by atoms with Gasteiger partial charge < -0.3 is 18.2 Å². The second kappa shape index (κ2) is 9.89. The van der Waals surface area contributed by atoms with Crippen molar-refractivity contribution in [1.82, 2.24) is 14.7 Å². The van der Waals surface area contributed by atoms with Crippen molar-refractivity contribution in [1.29, 1.82) is 0 Å². The van der Waals surface area contributed by atoms with Crippen LogP contribution < -0.4 is 0 Å². The molecule has 1 rings (SSSR count). The first kappa shape index (κ1) is 19.0. The second-order valence-corrected chi connectivity index (χ2v) is 9.02. The minimum absolute atomic E-state index is 0.880. The minimum Gasteiger partial charge on any atom is -0.377 e. The highest BCUT2D eigenvalue weighted by Crippen LogP contribution is 2.16. The maximum absolute atomic E-state index is 5.47. The molecule has 1 heterocycles. The third kappa shape index (κ3) is 6.73. The van der Waals surface area contributed by atoms with Gasteiger partial charge in [0.25, 0.3) is 0 Å². The third-order valence-electron chi connectivity index (χ3n) is 4.10. The minimum atomic E-state index is -2.40. The predicted octanol–water partition coefficient (Wildman–Crippen LogP) is 0.781. The topological polar surface area (TPSA) is 37.4 Å².